The maximum Gasteiger partial charge on any atom is 0.271 e. The van der Waals surface area contributed by atoms with Crippen LogP contribution in [0.5, 0.6) is 17.2 Å². The third-order valence-corrected chi connectivity index (χ3v) is 8.46. The van der Waals surface area contributed by atoms with Crippen molar-refractivity contribution in [2.75, 3.05) is 27.3 Å². The second-order valence-electron chi connectivity index (χ2n) is 10.0. The largest absolute Gasteiger partial charge is 0.497 e. The summed E-state index contributed by atoms with van der Waals surface area (Å²) in [5.74, 6) is 1.99. The van der Waals surface area contributed by atoms with Crippen molar-refractivity contribution in [1.82, 2.24) is 9.47 Å². The molecule has 1 atom stereocenters. The third-order valence-electron chi connectivity index (χ3n) is 7.48. The molecule has 4 aromatic rings. The molecule has 1 aromatic heterocycles. The molecule has 1 aliphatic rings. The van der Waals surface area contributed by atoms with E-state index in [2.05, 4.69) is 0 Å². The Morgan fingerprint density at radius 2 is 1.63 bits per heavy atom. The minimum atomic E-state index is -0.670. The van der Waals surface area contributed by atoms with Gasteiger partial charge in [0.15, 0.2) is 4.80 Å². The predicted octanol–water partition coefficient (Wildman–Crippen LogP) is 4.70. The van der Waals surface area contributed by atoms with Crippen LogP contribution in [0, 0.1) is 0 Å². The van der Waals surface area contributed by atoms with E-state index >= 15 is 0 Å². The quantitative estimate of drug-likeness (QED) is 0.265. The van der Waals surface area contributed by atoms with Crippen LogP contribution in [0.4, 0.5) is 0 Å². The number of allylic oxidation sites excluding steroid dienone is 1. The number of nitrogens with zero attached hydrogens (tertiary/aromatic N) is 3. The highest BCUT2D eigenvalue weighted by Gasteiger charge is 2.35. The molecular formula is C34H35N3O5S. The van der Waals surface area contributed by atoms with Crippen LogP contribution in [0.1, 0.15) is 43.5 Å². The number of likely N-dealkylation sites (N-methyl/N-ethyl adjacent to an activating group) is 1. The monoisotopic (exact) mass is 597 g/mol. The number of fused-ring (bicyclic) bond motifs is 1. The summed E-state index contributed by atoms with van der Waals surface area (Å²) >= 11 is 1.31. The van der Waals surface area contributed by atoms with E-state index in [1.165, 1.54) is 11.3 Å². The van der Waals surface area contributed by atoms with Crippen LogP contribution < -0.4 is 29.1 Å². The van der Waals surface area contributed by atoms with E-state index in [-0.39, 0.29) is 11.5 Å². The van der Waals surface area contributed by atoms with Crippen LogP contribution in [0.2, 0.25) is 0 Å². The second-order valence-corrected chi connectivity index (χ2v) is 11.0. The van der Waals surface area contributed by atoms with E-state index in [4.69, 9.17) is 19.2 Å². The lowest BCUT2D eigenvalue weighted by molar-refractivity contribution is -0.127. The van der Waals surface area contributed by atoms with Gasteiger partial charge in [0, 0.05) is 18.7 Å². The van der Waals surface area contributed by atoms with E-state index in [0.29, 0.717) is 46.0 Å². The summed E-state index contributed by atoms with van der Waals surface area (Å²) in [5, 5.41) is 0. The van der Waals surface area contributed by atoms with Gasteiger partial charge in [0.25, 0.3) is 11.5 Å². The van der Waals surface area contributed by atoms with Gasteiger partial charge in [-0.1, -0.05) is 53.8 Å². The van der Waals surface area contributed by atoms with Gasteiger partial charge >= 0.3 is 0 Å². The summed E-state index contributed by atoms with van der Waals surface area (Å²) in [7, 11) is 3.23. The SMILES string of the molecule is CCN(CC)C(=O)C1=C(C)N=c2s/c(=C/c3ccc(OCc4ccc(OC)cc4)cc3)c(=O)n2[C@@H]1c1ccccc1OC. The number of rotatable bonds is 10. The van der Waals surface area contributed by atoms with E-state index < -0.39 is 6.04 Å². The minimum absolute atomic E-state index is 0.137. The molecule has 0 saturated heterocycles. The number of carbonyl (C=O) groups excluding carboxylic acids is 1. The molecule has 9 heteroatoms. The molecular weight excluding hydrogens is 562 g/mol. The molecule has 3 aromatic carbocycles. The van der Waals surface area contributed by atoms with Crippen LogP contribution in [-0.4, -0.2) is 42.7 Å². The van der Waals surface area contributed by atoms with Crippen LogP contribution in [0.3, 0.4) is 0 Å². The number of aromatic nitrogens is 1. The van der Waals surface area contributed by atoms with Gasteiger partial charge < -0.3 is 19.1 Å². The van der Waals surface area contributed by atoms with Gasteiger partial charge in [-0.25, -0.2) is 4.99 Å². The summed E-state index contributed by atoms with van der Waals surface area (Å²) in [6.45, 7) is 7.25. The van der Waals surface area contributed by atoms with Gasteiger partial charge in [-0.15, -0.1) is 0 Å². The number of para-hydroxylation sites is 1. The standard InChI is InChI=1S/C34H35N3O5S/c1-6-36(7-2)33(39)30-22(3)35-34-37(31(30)27-10-8-9-11-28(27)41-5)32(38)29(43-34)20-23-12-18-26(19-13-23)42-21-24-14-16-25(40-4)17-15-24/h8-20,31H,6-7,21H2,1-5H3/b29-20+/t31-/m1/s1. The summed E-state index contributed by atoms with van der Waals surface area (Å²) in [4.78, 5) is 34.9. The zero-order valence-electron chi connectivity index (χ0n) is 25.0. The molecule has 0 radical (unpaired) electrons. The van der Waals surface area contributed by atoms with Gasteiger partial charge in [0.1, 0.15) is 29.9 Å². The fraction of sp³-hybridized carbons (Fsp3) is 0.265. The Balaban J connectivity index is 1.51. The second kappa shape index (κ2) is 13.1. The van der Waals surface area contributed by atoms with Crippen LogP contribution in [0.15, 0.2) is 93.9 Å². The van der Waals surface area contributed by atoms with Crippen molar-refractivity contribution in [3.05, 3.63) is 120 Å². The molecule has 1 aliphatic heterocycles. The number of hydrogen-bond acceptors (Lipinski definition) is 7. The minimum Gasteiger partial charge on any atom is -0.497 e. The van der Waals surface area contributed by atoms with Gasteiger partial charge in [-0.3, -0.25) is 14.2 Å². The summed E-state index contributed by atoms with van der Waals surface area (Å²) in [6.07, 6.45) is 1.85. The Labute approximate surface area is 254 Å². The number of amides is 1. The zero-order valence-corrected chi connectivity index (χ0v) is 25.8. The van der Waals surface area contributed by atoms with E-state index in [1.807, 2.05) is 99.6 Å². The lowest BCUT2D eigenvalue weighted by Gasteiger charge is -2.29. The number of methoxy groups -OCH3 is 2. The molecule has 2 heterocycles. The number of benzene rings is 3. The van der Waals surface area contributed by atoms with E-state index in [9.17, 15) is 9.59 Å². The van der Waals surface area contributed by atoms with Gasteiger partial charge in [-0.05, 0) is 68.3 Å². The predicted molar refractivity (Wildman–Crippen MR) is 168 cm³/mol. The molecule has 0 aliphatic carbocycles. The fourth-order valence-corrected chi connectivity index (χ4v) is 6.21. The number of thiazole rings is 1. The molecule has 8 nitrogen and oxygen atoms in total. The van der Waals surface area contributed by atoms with Gasteiger partial charge in [0.05, 0.1) is 30.0 Å². The molecule has 43 heavy (non-hydrogen) atoms. The molecule has 5 rings (SSSR count). The Hall–Kier alpha value is -4.63. The third kappa shape index (κ3) is 6.12. The van der Waals surface area contributed by atoms with Gasteiger partial charge in [-0.2, -0.15) is 0 Å². The average Bonchev–Trinajstić information content (AvgIpc) is 3.34. The zero-order chi connectivity index (χ0) is 30.5. The maximum absolute atomic E-state index is 14.0. The average molecular weight is 598 g/mol. The first-order valence-corrected chi connectivity index (χ1v) is 15.0. The Morgan fingerprint density at radius 3 is 2.28 bits per heavy atom. The Kier molecular flexibility index (Phi) is 9.11. The molecule has 0 N–H and O–H groups in total. The molecule has 0 spiro atoms. The molecule has 0 unspecified atom stereocenters. The number of hydrogen-bond donors (Lipinski definition) is 0. The highest BCUT2D eigenvalue weighted by atomic mass is 32.1. The number of carbonyl (C=O) groups is 1. The summed E-state index contributed by atoms with van der Waals surface area (Å²) in [6, 6.07) is 22.2. The molecule has 1 amide bonds. The molecule has 0 saturated carbocycles. The first-order chi connectivity index (χ1) is 20.9. The van der Waals surface area contributed by atoms with E-state index in [0.717, 1.165) is 28.2 Å². The van der Waals surface area contributed by atoms with Crippen molar-refractivity contribution >= 4 is 23.3 Å². The topological polar surface area (TPSA) is 82.4 Å². The molecule has 0 fully saturated rings. The maximum atomic E-state index is 14.0. The summed E-state index contributed by atoms with van der Waals surface area (Å²) < 4.78 is 19.0. The van der Waals surface area contributed by atoms with Gasteiger partial charge in [0.2, 0.25) is 0 Å². The number of ether oxygens (including phenoxy) is 3. The molecule has 222 valence electrons. The normalized spacial score (nSPS) is 14.6. The van der Waals surface area contributed by atoms with Crippen LogP contribution in [0.25, 0.3) is 6.08 Å². The van der Waals surface area contributed by atoms with Crippen molar-refractivity contribution in [3.8, 4) is 17.2 Å². The Bertz CT molecular complexity index is 1820. The van der Waals surface area contributed by atoms with Crippen LogP contribution in [-0.2, 0) is 11.4 Å². The van der Waals surface area contributed by atoms with Crippen molar-refractivity contribution in [2.24, 2.45) is 4.99 Å². The van der Waals surface area contributed by atoms with Crippen molar-refractivity contribution < 1.29 is 19.0 Å². The highest BCUT2D eigenvalue weighted by Crippen LogP contribution is 2.36. The fourth-order valence-electron chi connectivity index (χ4n) is 5.16. The summed E-state index contributed by atoms with van der Waals surface area (Å²) in [5.41, 5.74) is 3.48. The first kappa shape index (κ1) is 29.8. The van der Waals surface area contributed by atoms with E-state index in [1.54, 1.807) is 23.7 Å². The molecule has 0 bridgehead atoms. The van der Waals surface area contributed by atoms with Crippen molar-refractivity contribution in [1.29, 1.82) is 0 Å². The van der Waals surface area contributed by atoms with Crippen molar-refractivity contribution in [3.63, 3.8) is 0 Å². The lowest BCUT2D eigenvalue weighted by Crippen LogP contribution is -2.43. The van der Waals surface area contributed by atoms with Crippen LogP contribution >= 0.6 is 11.3 Å². The van der Waals surface area contributed by atoms with Crippen molar-refractivity contribution in [2.45, 2.75) is 33.4 Å². The Morgan fingerprint density at radius 1 is 0.953 bits per heavy atom. The highest BCUT2D eigenvalue weighted by molar-refractivity contribution is 7.07. The lowest BCUT2D eigenvalue weighted by atomic mass is 9.94. The first-order valence-electron chi connectivity index (χ1n) is 14.2. The smallest absolute Gasteiger partial charge is 0.271 e.